The van der Waals surface area contributed by atoms with Crippen molar-refractivity contribution >= 4 is 5.91 Å². The van der Waals surface area contributed by atoms with Crippen LogP contribution in [0.5, 0.6) is 5.75 Å². The van der Waals surface area contributed by atoms with Crippen LogP contribution < -0.4 is 4.74 Å². The Morgan fingerprint density at radius 2 is 2.11 bits per heavy atom. The summed E-state index contributed by atoms with van der Waals surface area (Å²) < 4.78 is 5.27. The Kier molecular flexibility index (Phi) is 3.83. The fourth-order valence-corrected chi connectivity index (χ4v) is 2.64. The maximum atomic E-state index is 12.5. The monoisotopic (exact) mass is 261 g/mol. The molecule has 1 fully saturated rings. The summed E-state index contributed by atoms with van der Waals surface area (Å²) >= 11 is 0. The van der Waals surface area contributed by atoms with Crippen LogP contribution in [-0.4, -0.2) is 24.5 Å². The second-order valence-corrected chi connectivity index (χ2v) is 6.18. The number of carbonyl (C=O) groups is 1. The van der Waals surface area contributed by atoms with Gasteiger partial charge in [0.05, 0.1) is 13.2 Å². The maximum absolute atomic E-state index is 12.5. The van der Waals surface area contributed by atoms with Crippen molar-refractivity contribution in [1.29, 1.82) is 0 Å². The molecule has 1 aliphatic heterocycles. The van der Waals surface area contributed by atoms with Crippen LogP contribution in [0.2, 0.25) is 0 Å². The van der Waals surface area contributed by atoms with Crippen molar-refractivity contribution in [2.75, 3.05) is 13.7 Å². The third-order valence-electron chi connectivity index (χ3n) is 3.63. The average molecular weight is 261 g/mol. The van der Waals surface area contributed by atoms with Crippen LogP contribution in [0.4, 0.5) is 0 Å². The first-order valence-corrected chi connectivity index (χ1v) is 6.88. The van der Waals surface area contributed by atoms with E-state index in [0.717, 1.165) is 25.1 Å². The molecule has 1 heterocycles. The standard InChI is InChI=1S/C16H23NO2/c1-16(2,3)15(18)17-10-6-9-14(17)12-7-5-8-13(11-12)19-4/h5,7-8,11,14H,6,9-10H2,1-4H3. The van der Waals surface area contributed by atoms with E-state index in [-0.39, 0.29) is 17.4 Å². The second-order valence-electron chi connectivity index (χ2n) is 6.18. The van der Waals surface area contributed by atoms with Gasteiger partial charge in [-0.05, 0) is 30.5 Å². The number of rotatable bonds is 2. The molecule has 1 amide bonds. The molecule has 1 aromatic carbocycles. The van der Waals surface area contributed by atoms with E-state index in [9.17, 15) is 4.79 Å². The quantitative estimate of drug-likeness (QED) is 0.816. The molecular weight excluding hydrogens is 238 g/mol. The molecule has 1 aromatic rings. The van der Waals surface area contributed by atoms with Crippen LogP contribution >= 0.6 is 0 Å². The lowest BCUT2D eigenvalue weighted by atomic mass is 9.93. The van der Waals surface area contributed by atoms with Crippen LogP contribution in [0.1, 0.15) is 45.2 Å². The number of hydrogen-bond acceptors (Lipinski definition) is 2. The number of hydrogen-bond donors (Lipinski definition) is 0. The zero-order valence-electron chi connectivity index (χ0n) is 12.3. The van der Waals surface area contributed by atoms with Crippen LogP contribution in [0.25, 0.3) is 0 Å². The van der Waals surface area contributed by atoms with Gasteiger partial charge in [-0.15, -0.1) is 0 Å². The first-order chi connectivity index (χ1) is 8.93. The summed E-state index contributed by atoms with van der Waals surface area (Å²) in [5.41, 5.74) is 0.857. The number of carbonyl (C=O) groups excluding carboxylic acids is 1. The highest BCUT2D eigenvalue weighted by molar-refractivity contribution is 5.82. The molecule has 2 rings (SSSR count). The summed E-state index contributed by atoms with van der Waals surface area (Å²) in [7, 11) is 1.67. The molecule has 0 N–H and O–H groups in total. The number of amides is 1. The van der Waals surface area contributed by atoms with E-state index in [1.54, 1.807) is 7.11 Å². The summed E-state index contributed by atoms with van der Waals surface area (Å²) in [4.78, 5) is 14.5. The Balaban J connectivity index is 2.25. The van der Waals surface area contributed by atoms with Gasteiger partial charge in [0.15, 0.2) is 0 Å². The largest absolute Gasteiger partial charge is 0.497 e. The van der Waals surface area contributed by atoms with Gasteiger partial charge in [-0.1, -0.05) is 32.9 Å². The highest BCUT2D eigenvalue weighted by Gasteiger charge is 2.35. The normalized spacial score (nSPS) is 19.6. The van der Waals surface area contributed by atoms with Crippen molar-refractivity contribution in [3.63, 3.8) is 0 Å². The predicted octanol–water partition coefficient (Wildman–Crippen LogP) is 3.40. The predicted molar refractivity (Wildman–Crippen MR) is 76.1 cm³/mol. The molecule has 1 aliphatic rings. The zero-order chi connectivity index (χ0) is 14.0. The van der Waals surface area contributed by atoms with Crippen molar-refractivity contribution in [2.45, 2.75) is 39.7 Å². The third-order valence-corrected chi connectivity index (χ3v) is 3.63. The Bertz CT molecular complexity index is 462. The molecule has 3 nitrogen and oxygen atoms in total. The third kappa shape index (κ3) is 2.91. The maximum Gasteiger partial charge on any atom is 0.228 e. The minimum absolute atomic E-state index is 0.196. The van der Waals surface area contributed by atoms with E-state index in [0.29, 0.717) is 0 Å². The van der Waals surface area contributed by atoms with E-state index < -0.39 is 0 Å². The van der Waals surface area contributed by atoms with Crippen LogP contribution in [-0.2, 0) is 4.79 Å². The smallest absolute Gasteiger partial charge is 0.228 e. The molecule has 3 heteroatoms. The van der Waals surface area contributed by atoms with Crippen LogP contribution in [0.3, 0.4) is 0 Å². The van der Waals surface area contributed by atoms with E-state index in [1.165, 1.54) is 5.56 Å². The number of likely N-dealkylation sites (tertiary alicyclic amines) is 1. The average Bonchev–Trinajstić information content (AvgIpc) is 2.85. The molecule has 0 bridgehead atoms. The van der Waals surface area contributed by atoms with Gasteiger partial charge in [0.1, 0.15) is 5.75 Å². The van der Waals surface area contributed by atoms with Gasteiger partial charge in [-0.3, -0.25) is 4.79 Å². The summed E-state index contributed by atoms with van der Waals surface area (Å²) in [5, 5.41) is 0. The van der Waals surface area contributed by atoms with Gasteiger partial charge >= 0.3 is 0 Å². The number of nitrogens with zero attached hydrogens (tertiary/aromatic N) is 1. The van der Waals surface area contributed by atoms with Gasteiger partial charge in [-0.2, -0.15) is 0 Å². The molecular formula is C16H23NO2. The molecule has 1 saturated heterocycles. The minimum Gasteiger partial charge on any atom is -0.497 e. The Hall–Kier alpha value is -1.51. The molecule has 19 heavy (non-hydrogen) atoms. The SMILES string of the molecule is COc1cccc(C2CCCN2C(=O)C(C)(C)C)c1. The van der Waals surface area contributed by atoms with Crippen molar-refractivity contribution < 1.29 is 9.53 Å². The number of ether oxygens (including phenoxy) is 1. The molecule has 104 valence electrons. The highest BCUT2D eigenvalue weighted by Crippen LogP contribution is 2.36. The van der Waals surface area contributed by atoms with Crippen molar-refractivity contribution in [2.24, 2.45) is 5.41 Å². The van der Waals surface area contributed by atoms with Gasteiger partial charge < -0.3 is 9.64 Å². The van der Waals surface area contributed by atoms with Gasteiger partial charge in [0.2, 0.25) is 5.91 Å². The topological polar surface area (TPSA) is 29.5 Å². The van der Waals surface area contributed by atoms with E-state index >= 15 is 0 Å². The molecule has 1 atom stereocenters. The fraction of sp³-hybridized carbons (Fsp3) is 0.562. The van der Waals surface area contributed by atoms with Gasteiger partial charge in [0, 0.05) is 12.0 Å². The first kappa shape index (κ1) is 13.9. The minimum atomic E-state index is -0.318. The van der Waals surface area contributed by atoms with Crippen molar-refractivity contribution in [3.8, 4) is 5.75 Å². The number of benzene rings is 1. The summed E-state index contributed by atoms with van der Waals surface area (Å²) in [6, 6.07) is 8.25. The highest BCUT2D eigenvalue weighted by atomic mass is 16.5. The van der Waals surface area contributed by atoms with E-state index in [1.807, 2.05) is 43.9 Å². The lowest BCUT2D eigenvalue weighted by molar-refractivity contribution is -0.140. The molecule has 0 aliphatic carbocycles. The molecule has 0 spiro atoms. The molecule has 0 radical (unpaired) electrons. The first-order valence-electron chi connectivity index (χ1n) is 6.88. The van der Waals surface area contributed by atoms with Gasteiger partial charge in [0.25, 0.3) is 0 Å². The fourth-order valence-electron chi connectivity index (χ4n) is 2.64. The summed E-state index contributed by atoms with van der Waals surface area (Å²) in [6.07, 6.45) is 2.11. The van der Waals surface area contributed by atoms with Crippen molar-refractivity contribution in [1.82, 2.24) is 4.90 Å². The van der Waals surface area contributed by atoms with Crippen LogP contribution in [0.15, 0.2) is 24.3 Å². The van der Waals surface area contributed by atoms with Gasteiger partial charge in [-0.25, -0.2) is 0 Å². The second kappa shape index (κ2) is 5.24. The van der Waals surface area contributed by atoms with E-state index in [2.05, 4.69) is 6.07 Å². The lowest BCUT2D eigenvalue weighted by Crippen LogP contribution is -2.38. The summed E-state index contributed by atoms with van der Waals surface area (Å²) in [6.45, 7) is 6.81. The molecule has 0 aromatic heterocycles. The molecule has 1 unspecified atom stereocenters. The van der Waals surface area contributed by atoms with E-state index in [4.69, 9.17) is 4.74 Å². The zero-order valence-corrected chi connectivity index (χ0v) is 12.3. The number of methoxy groups -OCH3 is 1. The van der Waals surface area contributed by atoms with Crippen LogP contribution in [0, 0.1) is 5.41 Å². The Morgan fingerprint density at radius 3 is 2.74 bits per heavy atom. The lowest BCUT2D eigenvalue weighted by Gasteiger charge is -2.31. The van der Waals surface area contributed by atoms with Crippen molar-refractivity contribution in [3.05, 3.63) is 29.8 Å². The Morgan fingerprint density at radius 1 is 1.37 bits per heavy atom. The Labute approximate surface area is 115 Å². The summed E-state index contributed by atoms with van der Waals surface area (Å²) in [5.74, 6) is 1.09. The molecule has 0 saturated carbocycles.